The van der Waals surface area contributed by atoms with Crippen molar-refractivity contribution in [3.05, 3.63) is 59.9 Å². The lowest BCUT2D eigenvalue weighted by Crippen LogP contribution is -2.38. The molecule has 0 spiro atoms. The molecule has 1 unspecified atom stereocenters. The van der Waals surface area contributed by atoms with E-state index in [4.69, 9.17) is 4.74 Å². The number of benzene rings is 2. The fourth-order valence-electron chi connectivity index (χ4n) is 3.11. The number of halogens is 1. The number of hydrogen-bond donors (Lipinski definition) is 1. The number of carbonyl (C=O) groups is 2. The standard InChI is InChI=1S/C20H21FN2O3/c1-2-26-18-8-6-17(7-9-18)22-19(24)20(25)23-11-10-15(13-23)14-4-3-5-16(21)12-14/h3-9,12,15H,2,10-11,13H2,1H3,(H,22,24). The minimum atomic E-state index is -0.672. The Morgan fingerprint density at radius 1 is 1.23 bits per heavy atom. The van der Waals surface area contributed by atoms with Crippen LogP contribution in [0.25, 0.3) is 0 Å². The highest BCUT2D eigenvalue weighted by molar-refractivity contribution is 6.39. The quantitative estimate of drug-likeness (QED) is 0.856. The molecule has 1 aliphatic heterocycles. The molecule has 5 nitrogen and oxygen atoms in total. The molecule has 0 radical (unpaired) electrons. The molecular weight excluding hydrogens is 335 g/mol. The summed E-state index contributed by atoms with van der Waals surface area (Å²) in [5.41, 5.74) is 1.39. The van der Waals surface area contributed by atoms with E-state index in [1.807, 2.05) is 13.0 Å². The Kier molecular flexibility index (Phi) is 5.51. The molecule has 26 heavy (non-hydrogen) atoms. The van der Waals surface area contributed by atoms with E-state index in [2.05, 4.69) is 5.32 Å². The van der Waals surface area contributed by atoms with Crippen molar-refractivity contribution < 1.29 is 18.7 Å². The highest BCUT2D eigenvalue weighted by Gasteiger charge is 2.31. The molecule has 1 heterocycles. The molecule has 1 saturated heterocycles. The van der Waals surface area contributed by atoms with Crippen molar-refractivity contribution in [3.8, 4) is 5.75 Å². The van der Waals surface area contributed by atoms with Crippen LogP contribution in [-0.2, 0) is 9.59 Å². The molecule has 2 amide bonds. The topological polar surface area (TPSA) is 58.6 Å². The normalized spacial score (nSPS) is 16.4. The van der Waals surface area contributed by atoms with Crippen LogP contribution in [-0.4, -0.2) is 36.4 Å². The van der Waals surface area contributed by atoms with Gasteiger partial charge in [-0.2, -0.15) is 0 Å². The number of rotatable bonds is 4. The van der Waals surface area contributed by atoms with E-state index >= 15 is 0 Å². The van der Waals surface area contributed by atoms with Crippen molar-refractivity contribution in [2.75, 3.05) is 25.0 Å². The molecule has 2 aromatic carbocycles. The van der Waals surface area contributed by atoms with Gasteiger partial charge in [-0.05, 0) is 55.3 Å². The van der Waals surface area contributed by atoms with E-state index in [-0.39, 0.29) is 11.7 Å². The van der Waals surface area contributed by atoms with Crippen molar-refractivity contribution in [2.45, 2.75) is 19.3 Å². The second kappa shape index (κ2) is 7.99. The Bertz CT molecular complexity index is 792. The first-order valence-electron chi connectivity index (χ1n) is 8.65. The summed E-state index contributed by atoms with van der Waals surface area (Å²) in [7, 11) is 0. The van der Waals surface area contributed by atoms with Gasteiger partial charge >= 0.3 is 11.8 Å². The maximum absolute atomic E-state index is 13.4. The molecular formula is C20H21FN2O3. The molecule has 1 fully saturated rings. The molecule has 1 atom stereocenters. The molecule has 0 aromatic heterocycles. The van der Waals surface area contributed by atoms with Crippen LogP contribution in [0.15, 0.2) is 48.5 Å². The van der Waals surface area contributed by atoms with Crippen LogP contribution in [0.2, 0.25) is 0 Å². The summed E-state index contributed by atoms with van der Waals surface area (Å²) in [6.07, 6.45) is 0.714. The van der Waals surface area contributed by atoms with Gasteiger partial charge in [0.1, 0.15) is 11.6 Å². The van der Waals surface area contributed by atoms with E-state index in [0.717, 1.165) is 5.56 Å². The second-order valence-corrected chi connectivity index (χ2v) is 6.20. The lowest BCUT2D eigenvalue weighted by molar-refractivity contribution is -0.142. The molecule has 0 aliphatic carbocycles. The van der Waals surface area contributed by atoms with Crippen LogP contribution in [0.1, 0.15) is 24.8 Å². The van der Waals surface area contributed by atoms with Gasteiger partial charge in [0, 0.05) is 24.7 Å². The second-order valence-electron chi connectivity index (χ2n) is 6.20. The van der Waals surface area contributed by atoms with Gasteiger partial charge in [0.15, 0.2) is 0 Å². The lowest BCUT2D eigenvalue weighted by atomic mass is 9.98. The molecule has 6 heteroatoms. The summed E-state index contributed by atoms with van der Waals surface area (Å²) in [6.45, 7) is 3.35. The fraction of sp³-hybridized carbons (Fsp3) is 0.300. The smallest absolute Gasteiger partial charge is 0.313 e. The Balaban J connectivity index is 1.58. The number of anilines is 1. The molecule has 3 rings (SSSR count). The van der Waals surface area contributed by atoms with Gasteiger partial charge < -0.3 is 15.0 Å². The van der Waals surface area contributed by atoms with E-state index in [1.54, 1.807) is 30.3 Å². The van der Waals surface area contributed by atoms with Gasteiger partial charge in [-0.1, -0.05) is 12.1 Å². The Hall–Kier alpha value is -2.89. The zero-order valence-electron chi connectivity index (χ0n) is 14.6. The minimum Gasteiger partial charge on any atom is -0.494 e. The maximum Gasteiger partial charge on any atom is 0.313 e. The van der Waals surface area contributed by atoms with Gasteiger partial charge in [0.05, 0.1) is 6.61 Å². The predicted octanol–water partition coefficient (Wildman–Crippen LogP) is 3.18. The summed E-state index contributed by atoms with van der Waals surface area (Å²) in [4.78, 5) is 26.1. The van der Waals surface area contributed by atoms with Crippen LogP contribution >= 0.6 is 0 Å². The highest BCUT2D eigenvalue weighted by Crippen LogP contribution is 2.27. The van der Waals surface area contributed by atoms with Crippen molar-refractivity contribution in [3.63, 3.8) is 0 Å². The van der Waals surface area contributed by atoms with Crippen LogP contribution < -0.4 is 10.1 Å². The zero-order chi connectivity index (χ0) is 18.5. The van der Waals surface area contributed by atoms with Gasteiger partial charge in [-0.25, -0.2) is 4.39 Å². The van der Waals surface area contributed by atoms with Gasteiger partial charge in [0.25, 0.3) is 0 Å². The zero-order valence-corrected chi connectivity index (χ0v) is 14.6. The summed E-state index contributed by atoms with van der Waals surface area (Å²) in [6, 6.07) is 13.2. The van der Waals surface area contributed by atoms with Crippen molar-refractivity contribution in [1.29, 1.82) is 0 Å². The van der Waals surface area contributed by atoms with E-state index < -0.39 is 11.8 Å². The number of amides is 2. The number of nitrogens with one attached hydrogen (secondary N) is 1. The van der Waals surface area contributed by atoms with Crippen molar-refractivity contribution >= 4 is 17.5 Å². The number of carbonyl (C=O) groups excluding carboxylic acids is 2. The first-order chi connectivity index (χ1) is 12.6. The van der Waals surface area contributed by atoms with Gasteiger partial charge in [-0.15, -0.1) is 0 Å². The van der Waals surface area contributed by atoms with Gasteiger partial charge in [0.2, 0.25) is 0 Å². The SMILES string of the molecule is CCOc1ccc(NC(=O)C(=O)N2CCC(c3cccc(F)c3)C2)cc1. The number of likely N-dealkylation sites (tertiary alicyclic amines) is 1. The average molecular weight is 356 g/mol. The minimum absolute atomic E-state index is 0.0490. The molecule has 0 saturated carbocycles. The fourth-order valence-corrected chi connectivity index (χ4v) is 3.11. The first kappa shape index (κ1) is 17.9. The van der Waals surface area contributed by atoms with Gasteiger partial charge in [-0.3, -0.25) is 9.59 Å². The molecule has 2 aromatic rings. The molecule has 1 aliphatic rings. The average Bonchev–Trinajstić information content (AvgIpc) is 3.13. The maximum atomic E-state index is 13.4. The van der Waals surface area contributed by atoms with Crippen LogP contribution in [0, 0.1) is 5.82 Å². The number of ether oxygens (including phenoxy) is 1. The van der Waals surface area contributed by atoms with E-state index in [1.165, 1.54) is 17.0 Å². The van der Waals surface area contributed by atoms with E-state index in [0.29, 0.717) is 37.6 Å². The van der Waals surface area contributed by atoms with E-state index in [9.17, 15) is 14.0 Å². The molecule has 136 valence electrons. The van der Waals surface area contributed by atoms with Crippen LogP contribution in [0.4, 0.5) is 10.1 Å². The Morgan fingerprint density at radius 2 is 2.00 bits per heavy atom. The molecule has 1 N–H and O–H groups in total. The summed E-state index contributed by atoms with van der Waals surface area (Å²) in [5.74, 6) is -0.783. The van der Waals surface area contributed by atoms with Crippen molar-refractivity contribution in [1.82, 2.24) is 4.90 Å². The largest absolute Gasteiger partial charge is 0.494 e. The third-order valence-electron chi connectivity index (χ3n) is 4.41. The monoisotopic (exact) mass is 356 g/mol. The Morgan fingerprint density at radius 3 is 2.69 bits per heavy atom. The first-order valence-corrected chi connectivity index (χ1v) is 8.65. The Labute approximate surface area is 151 Å². The van der Waals surface area contributed by atoms with Crippen LogP contribution in [0.5, 0.6) is 5.75 Å². The lowest BCUT2D eigenvalue weighted by Gasteiger charge is -2.16. The van der Waals surface area contributed by atoms with Crippen LogP contribution in [0.3, 0.4) is 0 Å². The van der Waals surface area contributed by atoms with Crippen molar-refractivity contribution in [2.24, 2.45) is 0 Å². The third-order valence-corrected chi connectivity index (χ3v) is 4.41. The predicted molar refractivity (Wildman–Crippen MR) is 96.6 cm³/mol. The summed E-state index contributed by atoms with van der Waals surface area (Å²) >= 11 is 0. The highest BCUT2D eigenvalue weighted by atomic mass is 19.1. The third kappa shape index (κ3) is 4.20. The molecule has 0 bridgehead atoms. The summed E-state index contributed by atoms with van der Waals surface area (Å²) in [5, 5.41) is 2.61. The number of nitrogens with zero attached hydrogens (tertiary/aromatic N) is 1. The number of hydrogen-bond acceptors (Lipinski definition) is 3. The summed E-state index contributed by atoms with van der Waals surface area (Å²) < 4.78 is 18.7.